The van der Waals surface area contributed by atoms with Crippen LogP contribution in [0.1, 0.15) is 42.3 Å². The molecule has 0 saturated heterocycles. The van der Waals surface area contributed by atoms with E-state index in [2.05, 4.69) is 36.2 Å². The Morgan fingerprint density at radius 1 is 1.17 bits per heavy atom. The van der Waals surface area contributed by atoms with E-state index in [0.29, 0.717) is 0 Å². The maximum absolute atomic E-state index is 12.7. The van der Waals surface area contributed by atoms with Crippen molar-refractivity contribution in [3.63, 3.8) is 0 Å². The molecule has 118 valence electrons. The van der Waals surface area contributed by atoms with Crippen LogP contribution in [-0.2, 0) is 6.42 Å². The van der Waals surface area contributed by atoms with E-state index in [9.17, 15) is 4.79 Å². The Balaban J connectivity index is 2.05. The van der Waals surface area contributed by atoms with Gasteiger partial charge in [0.25, 0.3) is 0 Å². The standard InChI is InChI=1S/C18H20N4O/c1-13(2)17-16(12-15-8-5-4-6-9-15)14(3)20-22(17)18(23)21-11-7-10-19-21/h4-11,13H,12H2,1-3H3. The van der Waals surface area contributed by atoms with Gasteiger partial charge in [-0.1, -0.05) is 44.2 Å². The van der Waals surface area contributed by atoms with Crippen LogP contribution in [0.5, 0.6) is 0 Å². The van der Waals surface area contributed by atoms with Gasteiger partial charge in [-0.3, -0.25) is 0 Å². The Labute approximate surface area is 135 Å². The molecule has 0 amide bonds. The minimum Gasteiger partial charge on any atom is -0.244 e. The fourth-order valence-electron chi connectivity index (χ4n) is 2.81. The normalized spacial score (nSPS) is 11.1. The largest absolute Gasteiger partial charge is 0.369 e. The molecule has 2 heterocycles. The molecule has 0 unspecified atom stereocenters. The van der Waals surface area contributed by atoms with Gasteiger partial charge in [0.1, 0.15) is 0 Å². The Kier molecular flexibility index (Phi) is 4.10. The predicted octanol–water partition coefficient (Wildman–Crippen LogP) is 3.62. The molecule has 0 atom stereocenters. The van der Waals surface area contributed by atoms with Crippen LogP contribution in [0.25, 0.3) is 0 Å². The first-order chi connectivity index (χ1) is 11.1. The quantitative estimate of drug-likeness (QED) is 0.742. The molecular formula is C18H20N4O. The Hall–Kier alpha value is -2.69. The van der Waals surface area contributed by atoms with Crippen LogP contribution < -0.4 is 0 Å². The summed E-state index contributed by atoms with van der Waals surface area (Å²) >= 11 is 0. The lowest BCUT2D eigenvalue weighted by Crippen LogP contribution is -2.24. The molecule has 0 saturated carbocycles. The van der Waals surface area contributed by atoms with Gasteiger partial charge in [0.15, 0.2) is 0 Å². The molecule has 0 spiro atoms. The maximum Gasteiger partial charge on any atom is 0.369 e. The van der Waals surface area contributed by atoms with Crippen LogP contribution in [0.2, 0.25) is 0 Å². The first kappa shape index (κ1) is 15.2. The number of hydrogen-bond donors (Lipinski definition) is 0. The molecular weight excluding hydrogens is 288 g/mol. The summed E-state index contributed by atoms with van der Waals surface area (Å²) < 4.78 is 2.80. The zero-order valence-electron chi connectivity index (χ0n) is 13.6. The number of aromatic nitrogens is 4. The molecule has 0 bridgehead atoms. The van der Waals surface area contributed by atoms with E-state index in [1.807, 2.05) is 25.1 Å². The third kappa shape index (κ3) is 2.95. The highest BCUT2D eigenvalue weighted by Crippen LogP contribution is 2.25. The van der Waals surface area contributed by atoms with Gasteiger partial charge in [0.05, 0.1) is 11.4 Å². The summed E-state index contributed by atoms with van der Waals surface area (Å²) in [6, 6.07) is 11.7. The van der Waals surface area contributed by atoms with Crippen molar-refractivity contribution in [2.75, 3.05) is 0 Å². The highest BCUT2D eigenvalue weighted by atomic mass is 16.2. The van der Waals surface area contributed by atoms with Crippen molar-refractivity contribution in [1.82, 2.24) is 19.6 Å². The second-order valence-corrected chi connectivity index (χ2v) is 5.91. The van der Waals surface area contributed by atoms with E-state index in [1.54, 1.807) is 18.5 Å². The average Bonchev–Trinajstić information content (AvgIpc) is 3.17. The molecule has 0 fully saturated rings. The van der Waals surface area contributed by atoms with Crippen molar-refractivity contribution in [3.05, 3.63) is 71.3 Å². The third-order valence-electron chi connectivity index (χ3n) is 3.88. The zero-order chi connectivity index (χ0) is 16.4. The van der Waals surface area contributed by atoms with Crippen molar-refractivity contribution >= 4 is 6.03 Å². The highest BCUT2D eigenvalue weighted by Gasteiger charge is 2.23. The fraction of sp³-hybridized carbons (Fsp3) is 0.278. The number of carbonyl (C=O) groups excluding carboxylic acids is 1. The molecule has 1 aromatic carbocycles. The summed E-state index contributed by atoms with van der Waals surface area (Å²) in [4.78, 5) is 12.7. The molecule has 0 radical (unpaired) electrons. The summed E-state index contributed by atoms with van der Waals surface area (Å²) in [6.07, 6.45) is 4.00. The molecule has 0 aliphatic rings. The van der Waals surface area contributed by atoms with E-state index in [4.69, 9.17) is 0 Å². The summed E-state index contributed by atoms with van der Waals surface area (Å²) in [5, 5.41) is 8.51. The lowest BCUT2D eigenvalue weighted by atomic mass is 9.98. The number of benzene rings is 1. The molecule has 5 heteroatoms. The summed E-state index contributed by atoms with van der Waals surface area (Å²) in [7, 11) is 0. The number of carbonyl (C=O) groups is 1. The Bertz CT molecular complexity index is 801. The van der Waals surface area contributed by atoms with Crippen LogP contribution in [0.3, 0.4) is 0 Å². The highest BCUT2D eigenvalue weighted by molar-refractivity contribution is 5.78. The minimum atomic E-state index is -0.249. The smallest absolute Gasteiger partial charge is 0.244 e. The maximum atomic E-state index is 12.7. The molecule has 0 N–H and O–H groups in total. The van der Waals surface area contributed by atoms with E-state index < -0.39 is 0 Å². The van der Waals surface area contributed by atoms with Crippen molar-refractivity contribution < 1.29 is 4.79 Å². The summed E-state index contributed by atoms with van der Waals surface area (Å²) in [6.45, 7) is 6.12. The lowest BCUT2D eigenvalue weighted by molar-refractivity contribution is 0.237. The molecule has 3 aromatic rings. The summed E-state index contributed by atoms with van der Waals surface area (Å²) in [5.41, 5.74) is 4.17. The number of rotatable bonds is 3. The van der Waals surface area contributed by atoms with Crippen LogP contribution in [0.15, 0.2) is 48.8 Å². The number of aryl methyl sites for hydroxylation is 1. The van der Waals surface area contributed by atoms with Crippen LogP contribution in [0.4, 0.5) is 4.79 Å². The molecule has 3 rings (SSSR count). The third-order valence-corrected chi connectivity index (χ3v) is 3.88. The topological polar surface area (TPSA) is 52.7 Å². The predicted molar refractivity (Wildman–Crippen MR) is 88.7 cm³/mol. The zero-order valence-corrected chi connectivity index (χ0v) is 13.6. The van der Waals surface area contributed by atoms with Gasteiger partial charge >= 0.3 is 6.03 Å². The Morgan fingerprint density at radius 2 is 1.91 bits per heavy atom. The molecule has 0 aliphatic carbocycles. The van der Waals surface area contributed by atoms with Gasteiger partial charge in [-0.2, -0.15) is 19.6 Å². The second-order valence-electron chi connectivity index (χ2n) is 5.91. The van der Waals surface area contributed by atoms with E-state index in [-0.39, 0.29) is 11.9 Å². The monoisotopic (exact) mass is 308 g/mol. The van der Waals surface area contributed by atoms with Crippen LogP contribution in [0, 0.1) is 6.92 Å². The van der Waals surface area contributed by atoms with Gasteiger partial charge in [0, 0.05) is 24.4 Å². The SMILES string of the molecule is Cc1nn(C(=O)n2cccn2)c(C(C)C)c1Cc1ccccc1. The fourth-order valence-corrected chi connectivity index (χ4v) is 2.81. The lowest BCUT2D eigenvalue weighted by Gasteiger charge is -2.12. The van der Waals surface area contributed by atoms with Crippen LogP contribution in [-0.4, -0.2) is 25.6 Å². The number of hydrogen-bond acceptors (Lipinski definition) is 3. The molecule has 0 aliphatic heterocycles. The van der Waals surface area contributed by atoms with Crippen molar-refractivity contribution in [2.24, 2.45) is 0 Å². The first-order valence-corrected chi connectivity index (χ1v) is 7.74. The number of nitrogens with zero attached hydrogens (tertiary/aromatic N) is 4. The van der Waals surface area contributed by atoms with Gasteiger partial charge in [-0.05, 0) is 24.5 Å². The Morgan fingerprint density at radius 3 is 2.52 bits per heavy atom. The minimum absolute atomic E-state index is 0.189. The van der Waals surface area contributed by atoms with Gasteiger partial charge < -0.3 is 0 Å². The summed E-state index contributed by atoms with van der Waals surface area (Å²) in [5.74, 6) is 0.189. The van der Waals surface area contributed by atoms with Gasteiger partial charge in [0.2, 0.25) is 0 Å². The van der Waals surface area contributed by atoms with Crippen molar-refractivity contribution in [3.8, 4) is 0 Å². The van der Waals surface area contributed by atoms with Crippen molar-refractivity contribution in [1.29, 1.82) is 0 Å². The molecule has 2 aromatic heterocycles. The average molecular weight is 308 g/mol. The van der Waals surface area contributed by atoms with E-state index in [0.717, 1.165) is 23.4 Å². The van der Waals surface area contributed by atoms with Gasteiger partial charge in [-0.15, -0.1) is 0 Å². The van der Waals surface area contributed by atoms with Crippen LogP contribution >= 0.6 is 0 Å². The van der Waals surface area contributed by atoms with E-state index in [1.165, 1.54) is 14.9 Å². The molecule has 5 nitrogen and oxygen atoms in total. The van der Waals surface area contributed by atoms with E-state index >= 15 is 0 Å². The first-order valence-electron chi connectivity index (χ1n) is 7.74. The van der Waals surface area contributed by atoms with Gasteiger partial charge in [-0.25, -0.2) is 4.79 Å². The second kappa shape index (κ2) is 6.20. The van der Waals surface area contributed by atoms with Crippen molar-refractivity contribution in [2.45, 2.75) is 33.1 Å². The molecule has 23 heavy (non-hydrogen) atoms.